The average molecular weight is 253 g/mol. The molecule has 0 aliphatic carbocycles. The first kappa shape index (κ1) is 14.8. The van der Waals surface area contributed by atoms with Crippen molar-refractivity contribution in [1.82, 2.24) is 0 Å². The molecule has 1 N–H and O–H groups in total. The van der Waals surface area contributed by atoms with Crippen LogP contribution in [0, 0.1) is 5.82 Å². The minimum atomic E-state index is -0.257. The van der Waals surface area contributed by atoms with E-state index < -0.39 is 0 Å². The van der Waals surface area contributed by atoms with E-state index in [2.05, 4.69) is 12.2 Å². The van der Waals surface area contributed by atoms with E-state index >= 15 is 0 Å². The lowest BCUT2D eigenvalue weighted by Gasteiger charge is -2.12. The molecule has 0 fully saturated rings. The number of anilines is 1. The van der Waals surface area contributed by atoms with Gasteiger partial charge in [0.05, 0.1) is 12.3 Å². The molecule has 3 heteroatoms. The molecule has 0 aliphatic heterocycles. The van der Waals surface area contributed by atoms with Crippen LogP contribution < -0.4 is 10.1 Å². The number of unbranched alkanes of at least 4 members (excludes halogenated alkanes) is 4. The minimum absolute atomic E-state index is 0.257. The second-order valence-electron chi connectivity index (χ2n) is 4.41. The summed E-state index contributed by atoms with van der Waals surface area (Å²) in [6, 6.07) is 4.64. The Kier molecular flexibility index (Phi) is 7.23. The first-order valence-corrected chi connectivity index (χ1v) is 6.94. The molecular formula is C15H24FNO. The zero-order chi connectivity index (χ0) is 13.2. The van der Waals surface area contributed by atoms with Gasteiger partial charge < -0.3 is 10.1 Å². The number of hydrogen-bond donors (Lipinski definition) is 1. The van der Waals surface area contributed by atoms with Crippen LogP contribution >= 0.6 is 0 Å². The van der Waals surface area contributed by atoms with Crippen LogP contribution in [0.4, 0.5) is 10.1 Å². The molecule has 1 aromatic carbocycles. The normalized spacial score (nSPS) is 10.4. The van der Waals surface area contributed by atoms with Crippen molar-refractivity contribution in [3.63, 3.8) is 0 Å². The maximum Gasteiger partial charge on any atom is 0.145 e. The summed E-state index contributed by atoms with van der Waals surface area (Å²) in [4.78, 5) is 0. The molecule has 0 aromatic heterocycles. The number of hydrogen-bond acceptors (Lipinski definition) is 2. The van der Waals surface area contributed by atoms with Crippen LogP contribution in [-0.4, -0.2) is 13.2 Å². The van der Waals surface area contributed by atoms with Gasteiger partial charge in [0.2, 0.25) is 0 Å². The summed E-state index contributed by atoms with van der Waals surface area (Å²) in [7, 11) is 0. The fourth-order valence-corrected chi connectivity index (χ4v) is 1.87. The number of halogens is 1. The van der Waals surface area contributed by atoms with Gasteiger partial charge in [-0.2, -0.15) is 0 Å². The van der Waals surface area contributed by atoms with Crippen LogP contribution in [0.2, 0.25) is 0 Å². The average Bonchev–Trinajstić information content (AvgIpc) is 2.36. The minimum Gasteiger partial charge on any atom is -0.492 e. The van der Waals surface area contributed by atoms with E-state index in [9.17, 15) is 4.39 Å². The number of rotatable bonds is 9. The van der Waals surface area contributed by atoms with Gasteiger partial charge in [0, 0.05) is 12.6 Å². The summed E-state index contributed by atoms with van der Waals surface area (Å²) >= 11 is 0. The lowest BCUT2D eigenvalue weighted by Crippen LogP contribution is -2.04. The topological polar surface area (TPSA) is 21.3 Å². The van der Waals surface area contributed by atoms with E-state index in [0.29, 0.717) is 12.4 Å². The molecule has 0 saturated carbocycles. The Labute approximate surface area is 110 Å². The molecule has 0 spiro atoms. The van der Waals surface area contributed by atoms with E-state index in [1.807, 2.05) is 6.92 Å². The molecule has 0 radical (unpaired) electrons. The molecular weight excluding hydrogens is 229 g/mol. The number of benzene rings is 1. The first-order valence-electron chi connectivity index (χ1n) is 6.94. The van der Waals surface area contributed by atoms with Crippen molar-refractivity contribution >= 4 is 5.69 Å². The molecule has 0 heterocycles. The van der Waals surface area contributed by atoms with Crippen LogP contribution in [0.15, 0.2) is 18.2 Å². The van der Waals surface area contributed by atoms with Crippen molar-refractivity contribution in [2.24, 2.45) is 0 Å². The highest BCUT2D eigenvalue weighted by molar-refractivity contribution is 5.56. The molecule has 1 aromatic rings. The Morgan fingerprint density at radius 3 is 2.61 bits per heavy atom. The lowest BCUT2D eigenvalue weighted by atomic mass is 10.1. The maximum atomic E-state index is 13.1. The van der Waals surface area contributed by atoms with E-state index in [4.69, 9.17) is 4.74 Å². The Hall–Kier alpha value is -1.25. The molecule has 0 atom stereocenters. The summed E-state index contributed by atoms with van der Waals surface area (Å²) in [6.07, 6.45) is 6.25. The third kappa shape index (κ3) is 5.39. The van der Waals surface area contributed by atoms with Crippen molar-refractivity contribution in [2.75, 3.05) is 18.5 Å². The summed E-state index contributed by atoms with van der Waals surface area (Å²) < 4.78 is 18.5. The lowest BCUT2D eigenvalue weighted by molar-refractivity contribution is 0.339. The van der Waals surface area contributed by atoms with E-state index in [0.717, 1.165) is 18.7 Å². The largest absolute Gasteiger partial charge is 0.492 e. The zero-order valence-electron chi connectivity index (χ0n) is 11.5. The smallest absolute Gasteiger partial charge is 0.145 e. The van der Waals surface area contributed by atoms with Crippen LogP contribution in [0.1, 0.15) is 46.0 Å². The highest BCUT2D eigenvalue weighted by Gasteiger charge is 2.04. The molecule has 0 bridgehead atoms. The van der Waals surface area contributed by atoms with Gasteiger partial charge >= 0.3 is 0 Å². The van der Waals surface area contributed by atoms with Gasteiger partial charge in [0.1, 0.15) is 11.6 Å². The molecule has 18 heavy (non-hydrogen) atoms. The van der Waals surface area contributed by atoms with E-state index in [1.54, 1.807) is 6.07 Å². The fourth-order valence-electron chi connectivity index (χ4n) is 1.87. The van der Waals surface area contributed by atoms with Crippen molar-refractivity contribution in [3.8, 4) is 5.75 Å². The highest BCUT2D eigenvalue weighted by Crippen LogP contribution is 2.25. The molecule has 0 amide bonds. The van der Waals surface area contributed by atoms with Crippen LogP contribution in [0.5, 0.6) is 5.75 Å². The predicted octanol–water partition coefficient (Wildman–Crippen LogP) is 4.61. The van der Waals surface area contributed by atoms with Gasteiger partial charge in [-0.15, -0.1) is 0 Å². The van der Waals surface area contributed by atoms with Gasteiger partial charge in [-0.1, -0.05) is 32.6 Å². The zero-order valence-corrected chi connectivity index (χ0v) is 11.5. The van der Waals surface area contributed by atoms with Crippen LogP contribution in [-0.2, 0) is 0 Å². The van der Waals surface area contributed by atoms with Crippen LogP contribution in [0.3, 0.4) is 0 Å². The quantitative estimate of drug-likeness (QED) is 0.649. The fraction of sp³-hybridized carbons (Fsp3) is 0.600. The molecule has 0 unspecified atom stereocenters. The molecule has 102 valence electrons. The maximum absolute atomic E-state index is 13.1. The second kappa shape index (κ2) is 8.78. The monoisotopic (exact) mass is 253 g/mol. The van der Waals surface area contributed by atoms with Crippen molar-refractivity contribution < 1.29 is 9.13 Å². The third-order valence-electron chi connectivity index (χ3n) is 2.84. The summed E-state index contributed by atoms with van der Waals surface area (Å²) in [6.45, 7) is 5.58. The Bertz CT molecular complexity index is 341. The third-order valence-corrected chi connectivity index (χ3v) is 2.84. The standard InChI is InChI=1S/C15H24FNO/c1-3-5-6-7-8-11-17-14-10-9-13(16)12-15(14)18-4-2/h9-10,12,17H,3-8,11H2,1-2H3. The van der Waals surface area contributed by atoms with Crippen LogP contribution in [0.25, 0.3) is 0 Å². The number of ether oxygens (including phenoxy) is 1. The van der Waals surface area contributed by atoms with Gasteiger partial charge in [-0.25, -0.2) is 4.39 Å². The van der Waals surface area contributed by atoms with Crippen molar-refractivity contribution in [2.45, 2.75) is 46.0 Å². The van der Waals surface area contributed by atoms with Gasteiger partial charge in [0.15, 0.2) is 0 Å². The number of nitrogens with one attached hydrogen (secondary N) is 1. The van der Waals surface area contributed by atoms with E-state index in [-0.39, 0.29) is 5.82 Å². The first-order chi connectivity index (χ1) is 8.77. The molecule has 2 nitrogen and oxygen atoms in total. The van der Waals surface area contributed by atoms with E-state index in [1.165, 1.54) is 37.8 Å². The molecule has 1 rings (SSSR count). The molecule has 0 saturated heterocycles. The Morgan fingerprint density at radius 2 is 1.89 bits per heavy atom. The Morgan fingerprint density at radius 1 is 1.11 bits per heavy atom. The van der Waals surface area contributed by atoms with Gasteiger partial charge in [-0.3, -0.25) is 0 Å². The van der Waals surface area contributed by atoms with Gasteiger partial charge in [0.25, 0.3) is 0 Å². The SMILES string of the molecule is CCCCCCCNc1ccc(F)cc1OCC. The summed E-state index contributed by atoms with van der Waals surface area (Å²) in [5.74, 6) is 0.345. The Balaban J connectivity index is 2.36. The second-order valence-corrected chi connectivity index (χ2v) is 4.41. The molecule has 0 aliphatic rings. The van der Waals surface area contributed by atoms with Crippen molar-refractivity contribution in [3.05, 3.63) is 24.0 Å². The van der Waals surface area contributed by atoms with Crippen molar-refractivity contribution in [1.29, 1.82) is 0 Å². The van der Waals surface area contributed by atoms with Gasteiger partial charge in [-0.05, 0) is 25.5 Å². The summed E-state index contributed by atoms with van der Waals surface area (Å²) in [5, 5.41) is 3.31. The highest BCUT2D eigenvalue weighted by atomic mass is 19.1. The predicted molar refractivity (Wildman–Crippen MR) is 74.8 cm³/mol. The summed E-state index contributed by atoms with van der Waals surface area (Å²) in [5.41, 5.74) is 0.883.